The highest BCUT2D eigenvalue weighted by atomic mass is 16.2. The second kappa shape index (κ2) is 6.34. The minimum Gasteiger partial charge on any atom is -0.325 e. The summed E-state index contributed by atoms with van der Waals surface area (Å²) in [4.78, 5) is 32.4. The maximum atomic E-state index is 12.3. The molecule has 0 radical (unpaired) electrons. The number of rotatable bonds is 2. The molecule has 1 aromatic heterocycles. The highest BCUT2D eigenvalue weighted by Crippen LogP contribution is 2.21. The number of hydrogen-bond acceptors (Lipinski definition) is 3. The molecule has 0 atom stereocenters. The van der Waals surface area contributed by atoms with Crippen LogP contribution in [0, 0.1) is 12.8 Å². The van der Waals surface area contributed by atoms with Crippen LogP contribution in [0.5, 0.6) is 0 Å². The summed E-state index contributed by atoms with van der Waals surface area (Å²) in [7, 11) is 0. The van der Waals surface area contributed by atoms with Crippen molar-refractivity contribution in [2.24, 2.45) is 5.92 Å². The van der Waals surface area contributed by atoms with E-state index in [0.717, 1.165) is 38.0 Å². The van der Waals surface area contributed by atoms with E-state index in [2.05, 4.69) is 10.3 Å². The Morgan fingerprint density at radius 3 is 2.41 bits per heavy atom. The Hall–Kier alpha value is -2.11. The van der Waals surface area contributed by atoms with Crippen LogP contribution in [-0.4, -0.2) is 52.9 Å². The smallest absolute Gasteiger partial charge is 0.320 e. The average molecular weight is 302 g/mol. The molecular weight excluding hydrogens is 280 g/mol. The fourth-order valence-corrected chi connectivity index (χ4v) is 2.88. The first-order chi connectivity index (χ1) is 10.6. The predicted molar refractivity (Wildman–Crippen MR) is 83.5 cm³/mol. The van der Waals surface area contributed by atoms with Crippen molar-refractivity contribution in [3.8, 4) is 0 Å². The molecule has 0 aliphatic carbocycles. The minimum absolute atomic E-state index is 0.00847. The summed E-state index contributed by atoms with van der Waals surface area (Å²) < 4.78 is 0. The summed E-state index contributed by atoms with van der Waals surface area (Å²) in [6, 6.07) is 5.71. The highest BCUT2D eigenvalue weighted by Gasteiger charge is 2.31. The van der Waals surface area contributed by atoms with Gasteiger partial charge in [0.2, 0.25) is 5.91 Å². The van der Waals surface area contributed by atoms with Crippen molar-refractivity contribution in [1.29, 1.82) is 0 Å². The molecule has 2 saturated heterocycles. The maximum Gasteiger partial charge on any atom is 0.320 e. The zero-order valence-corrected chi connectivity index (χ0v) is 12.9. The Labute approximate surface area is 130 Å². The number of piperidine rings is 1. The van der Waals surface area contributed by atoms with Crippen molar-refractivity contribution in [2.75, 3.05) is 31.5 Å². The zero-order valence-electron chi connectivity index (χ0n) is 12.9. The summed E-state index contributed by atoms with van der Waals surface area (Å²) in [6.07, 6.45) is 2.54. The third-order valence-corrected chi connectivity index (χ3v) is 4.40. The van der Waals surface area contributed by atoms with Crippen LogP contribution in [0.3, 0.4) is 0 Å². The van der Waals surface area contributed by atoms with E-state index >= 15 is 0 Å². The first-order valence-corrected chi connectivity index (χ1v) is 7.92. The number of anilines is 1. The van der Waals surface area contributed by atoms with E-state index in [9.17, 15) is 9.59 Å². The molecule has 6 heteroatoms. The molecule has 3 rings (SSSR count). The van der Waals surface area contributed by atoms with Crippen molar-refractivity contribution in [2.45, 2.75) is 26.2 Å². The number of carbonyl (C=O) groups excluding carboxylic acids is 2. The van der Waals surface area contributed by atoms with Gasteiger partial charge in [0.25, 0.3) is 0 Å². The Morgan fingerprint density at radius 1 is 1.14 bits per heavy atom. The van der Waals surface area contributed by atoms with Crippen LogP contribution in [0.2, 0.25) is 0 Å². The molecule has 2 aliphatic heterocycles. The Morgan fingerprint density at radius 2 is 1.82 bits per heavy atom. The largest absolute Gasteiger partial charge is 0.325 e. The first-order valence-electron chi connectivity index (χ1n) is 7.92. The van der Waals surface area contributed by atoms with E-state index in [-0.39, 0.29) is 17.9 Å². The van der Waals surface area contributed by atoms with Crippen LogP contribution in [0.1, 0.15) is 25.0 Å². The van der Waals surface area contributed by atoms with Gasteiger partial charge in [-0.15, -0.1) is 0 Å². The van der Waals surface area contributed by atoms with Crippen LogP contribution < -0.4 is 5.32 Å². The van der Waals surface area contributed by atoms with E-state index in [4.69, 9.17) is 0 Å². The SMILES string of the molecule is Cc1cccc(NC(=O)C2CCN(C(=O)N3CCC3)CC2)n1. The van der Waals surface area contributed by atoms with E-state index < -0.39 is 0 Å². The van der Waals surface area contributed by atoms with Gasteiger partial charge in [-0.05, 0) is 38.3 Å². The first kappa shape index (κ1) is 14.8. The van der Waals surface area contributed by atoms with Gasteiger partial charge >= 0.3 is 6.03 Å². The lowest BCUT2D eigenvalue weighted by molar-refractivity contribution is -0.121. The van der Waals surface area contributed by atoms with Gasteiger partial charge in [-0.3, -0.25) is 4.79 Å². The van der Waals surface area contributed by atoms with E-state index in [1.54, 1.807) is 6.07 Å². The molecule has 0 saturated carbocycles. The van der Waals surface area contributed by atoms with Crippen molar-refractivity contribution >= 4 is 17.8 Å². The summed E-state index contributed by atoms with van der Waals surface area (Å²) in [6.45, 7) is 4.97. The second-order valence-electron chi connectivity index (χ2n) is 6.04. The number of nitrogens with zero attached hydrogens (tertiary/aromatic N) is 3. The van der Waals surface area contributed by atoms with Gasteiger partial charge in [0.1, 0.15) is 5.82 Å². The Balaban J connectivity index is 1.50. The van der Waals surface area contributed by atoms with E-state index in [1.165, 1.54) is 0 Å². The molecule has 2 fully saturated rings. The number of carbonyl (C=O) groups is 2. The summed E-state index contributed by atoms with van der Waals surface area (Å²) in [5.74, 6) is 0.570. The molecule has 0 bridgehead atoms. The molecule has 1 N–H and O–H groups in total. The number of hydrogen-bond donors (Lipinski definition) is 1. The molecule has 3 amide bonds. The summed E-state index contributed by atoms with van der Waals surface area (Å²) in [5, 5.41) is 2.88. The third kappa shape index (κ3) is 3.21. The van der Waals surface area contributed by atoms with Crippen molar-refractivity contribution < 1.29 is 9.59 Å². The lowest BCUT2D eigenvalue weighted by Crippen LogP contribution is -2.52. The molecular formula is C16H22N4O2. The molecule has 6 nitrogen and oxygen atoms in total. The van der Waals surface area contributed by atoms with Crippen LogP contribution in [0.15, 0.2) is 18.2 Å². The van der Waals surface area contributed by atoms with E-state index in [0.29, 0.717) is 18.9 Å². The summed E-state index contributed by atoms with van der Waals surface area (Å²) in [5.41, 5.74) is 0.882. The number of amides is 3. The topological polar surface area (TPSA) is 65.5 Å². The average Bonchev–Trinajstić information content (AvgIpc) is 2.45. The zero-order chi connectivity index (χ0) is 15.5. The van der Waals surface area contributed by atoms with E-state index in [1.807, 2.05) is 28.9 Å². The quantitative estimate of drug-likeness (QED) is 0.907. The van der Waals surface area contributed by atoms with Crippen LogP contribution in [0.25, 0.3) is 0 Å². The molecule has 0 spiro atoms. The van der Waals surface area contributed by atoms with Crippen LogP contribution >= 0.6 is 0 Å². The highest BCUT2D eigenvalue weighted by molar-refractivity contribution is 5.91. The molecule has 1 aromatic rings. The lowest BCUT2D eigenvalue weighted by atomic mass is 9.96. The van der Waals surface area contributed by atoms with Gasteiger partial charge < -0.3 is 15.1 Å². The van der Waals surface area contributed by atoms with Gasteiger partial charge in [0.15, 0.2) is 0 Å². The molecule has 118 valence electrons. The van der Waals surface area contributed by atoms with Crippen LogP contribution in [0.4, 0.5) is 10.6 Å². The monoisotopic (exact) mass is 302 g/mol. The van der Waals surface area contributed by atoms with Crippen molar-refractivity contribution in [1.82, 2.24) is 14.8 Å². The van der Waals surface area contributed by atoms with Gasteiger partial charge in [-0.1, -0.05) is 6.07 Å². The lowest BCUT2D eigenvalue weighted by Gasteiger charge is -2.39. The molecule has 22 heavy (non-hydrogen) atoms. The molecule has 3 heterocycles. The standard InChI is InChI=1S/C16H22N4O2/c1-12-4-2-5-14(17-12)18-15(21)13-6-10-20(11-7-13)16(22)19-8-3-9-19/h2,4-5,13H,3,6-11H2,1H3,(H,17,18,21). The maximum absolute atomic E-state index is 12.3. The number of aromatic nitrogens is 1. The van der Waals surface area contributed by atoms with Crippen LogP contribution in [-0.2, 0) is 4.79 Å². The Bertz CT molecular complexity index is 563. The fourth-order valence-electron chi connectivity index (χ4n) is 2.88. The van der Waals surface area contributed by atoms with Gasteiger partial charge in [-0.2, -0.15) is 0 Å². The number of aryl methyl sites for hydroxylation is 1. The second-order valence-corrected chi connectivity index (χ2v) is 6.04. The number of urea groups is 1. The molecule has 0 unspecified atom stereocenters. The molecule has 0 aromatic carbocycles. The summed E-state index contributed by atoms with van der Waals surface area (Å²) >= 11 is 0. The van der Waals surface area contributed by atoms with Crippen molar-refractivity contribution in [3.05, 3.63) is 23.9 Å². The van der Waals surface area contributed by atoms with Crippen molar-refractivity contribution in [3.63, 3.8) is 0 Å². The Kier molecular flexibility index (Phi) is 4.27. The third-order valence-electron chi connectivity index (χ3n) is 4.40. The number of nitrogens with one attached hydrogen (secondary N) is 1. The van der Waals surface area contributed by atoms with Gasteiger partial charge in [0, 0.05) is 37.8 Å². The molecule has 2 aliphatic rings. The fraction of sp³-hybridized carbons (Fsp3) is 0.562. The minimum atomic E-state index is -0.0391. The number of likely N-dealkylation sites (tertiary alicyclic amines) is 2. The predicted octanol–water partition coefficient (Wildman–Crippen LogP) is 1.87. The normalized spacial score (nSPS) is 18.8. The van der Waals surface area contributed by atoms with Gasteiger partial charge in [0.05, 0.1) is 0 Å². The van der Waals surface area contributed by atoms with Gasteiger partial charge in [-0.25, -0.2) is 9.78 Å². The number of pyridine rings is 1.